The molecular weight excluding hydrogens is 253 g/mol. The summed E-state index contributed by atoms with van der Waals surface area (Å²) in [6.07, 6.45) is 0. The van der Waals surface area contributed by atoms with Crippen molar-refractivity contribution >= 4 is 0 Å². The van der Waals surface area contributed by atoms with Crippen molar-refractivity contribution in [1.82, 2.24) is 0 Å². The van der Waals surface area contributed by atoms with Gasteiger partial charge in [0.25, 0.3) is 0 Å². The van der Waals surface area contributed by atoms with Gasteiger partial charge in [0.2, 0.25) is 0 Å². The maximum atomic E-state index is 4.54. The molecule has 0 atom stereocenters. The smallest absolute Gasteiger partial charge is 0.0433 e. The largest absolute Gasteiger partial charge is 0.385 e. The number of hydrogen-bond acceptors (Lipinski definition) is 1. The van der Waals surface area contributed by atoms with E-state index in [-0.39, 0.29) is 27.7 Å². The zero-order valence-corrected chi connectivity index (χ0v) is 9.32. The number of methoxy groups -OCH3 is 1. The molecule has 0 aliphatic rings. The average molecular weight is 261 g/mol. The van der Waals surface area contributed by atoms with Crippen LogP contribution in [0.5, 0.6) is 0 Å². The van der Waals surface area contributed by atoms with Gasteiger partial charge in [0.1, 0.15) is 0 Å². The molecular formula is C3H8HgO. The summed E-state index contributed by atoms with van der Waals surface area (Å²) in [5.74, 6) is 0. The molecule has 0 aliphatic heterocycles. The minimum atomic E-state index is 0. The van der Waals surface area contributed by atoms with Gasteiger partial charge in [-0.2, -0.15) is 0 Å². The Morgan fingerprint density at radius 3 is 1.80 bits per heavy atom. The predicted molar refractivity (Wildman–Crippen MR) is 17.6 cm³/mol. The Bertz CT molecular complexity index is 8.85. The summed E-state index contributed by atoms with van der Waals surface area (Å²) in [5.41, 5.74) is 0. The Morgan fingerprint density at radius 2 is 1.80 bits per heavy atom. The molecule has 1 nitrogen and oxygen atoms in total. The molecule has 0 unspecified atom stereocenters. The van der Waals surface area contributed by atoms with Crippen molar-refractivity contribution in [3.8, 4) is 0 Å². The molecule has 0 amide bonds. The summed E-state index contributed by atoms with van der Waals surface area (Å²) in [5, 5.41) is 0. The quantitative estimate of drug-likeness (QED) is 0.629. The summed E-state index contributed by atoms with van der Waals surface area (Å²) in [6, 6.07) is 0. The van der Waals surface area contributed by atoms with Crippen molar-refractivity contribution in [1.29, 1.82) is 0 Å². The van der Waals surface area contributed by atoms with Crippen molar-refractivity contribution in [3.05, 3.63) is 0 Å². The Labute approximate surface area is 53.2 Å². The van der Waals surface area contributed by atoms with Crippen molar-refractivity contribution in [2.24, 2.45) is 0 Å². The molecule has 5 heavy (non-hydrogen) atoms. The second kappa shape index (κ2) is 8.86. The van der Waals surface area contributed by atoms with E-state index in [1.807, 2.05) is 6.92 Å². The summed E-state index contributed by atoms with van der Waals surface area (Å²) in [4.78, 5) is 0. The van der Waals surface area contributed by atoms with Crippen LogP contribution in [0.3, 0.4) is 0 Å². The fourth-order valence-corrected chi connectivity index (χ4v) is 0. The second-order valence-electron chi connectivity index (χ2n) is 0.577. The van der Waals surface area contributed by atoms with Gasteiger partial charge in [-0.15, -0.1) is 0 Å². The minimum absolute atomic E-state index is 0. The first-order chi connectivity index (χ1) is 1.91. The molecule has 0 saturated carbocycles. The SMILES string of the molecule is CCOC.[Hg]. The van der Waals surface area contributed by atoms with Crippen molar-refractivity contribution in [2.75, 3.05) is 13.7 Å². The summed E-state index contributed by atoms with van der Waals surface area (Å²) in [6.45, 7) is 2.78. The Balaban J connectivity index is 0. The van der Waals surface area contributed by atoms with Gasteiger partial charge < -0.3 is 4.74 Å². The fourth-order valence-electron chi connectivity index (χ4n) is 0. The maximum Gasteiger partial charge on any atom is 0.0433 e. The summed E-state index contributed by atoms with van der Waals surface area (Å²) in [7, 11) is 1.68. The number of rotatable bonds is 1. The van der Waals surface area contributed by atoms with Gasteiger partial charge in [-0.25, -0.2) is 0 Å². The molecule has 2 heteroatoms. The van der Waals surface area contributed by atoms with E-state index in [1.54, 1.807) is 7.11 Å². The van der Waals surface area contributed by atoms with Gasteiger partial charge in [-0.3, -0.25) is 0 Å². The number of hydrogen-bond donors (Lipinski definition) is 0. The van der Waals surface area contributed by atoms with E-state index in [0.717, 1.165) is 6.61 Å². The molecule has 0 fully saturated rings. The summed E-state index contributed by atoms with van der Waals surface area (Å²) < 4.78 is 4.54. The second-order valence-corrected chi connectivity index (χ2v) is 0.577. The van der Waals surface area contributed by atoms with E-state index in [2.05, 4.69) is 4.74 Å². The van der Waals surface area contributed by atoms with Gasteiger partial charge in [0.15, 0.2) is 0 Å². The molecule has 0 aliphatic carbocycles. The van der Waals surface area contributed by atoms with E-state index in [4.69, 9.17) is 0 Å². The molecule has 0 aromatic heterocycles. The van der Waals surface area contributed by atoms with Gasteiger partial charge in [-0.05, 0) is 6.92 Å². The first-order valence-corrected chi connectivity index (χ1v) is 1.40. The zero-order chi connectivity index (χ0) is 3.41. The standard InChI is InChI=1S/C3H8O.Hg/c1-3-4-2;/h3H2,1-2H3;. The van der Waals surface area contributed by atoms with Gasteiger partial charge in [0.05, 0.1) is 0 Å². The maximum absolute atomic E-state index is 4.54. The van der Waals surface area contributed by atoms with Crippen LogP contribution in [-0.2, 0) is 32.4 Å². The average Bonchev–Trinajstić information content (AvgIpc) is 1.37. The van der Waals surface area contributed by atoms with E-state index < -0.39 is 0 Å². The first-order valence-electron chi connectivity index (χ1n) is 1.40. The fraction of sp³-hybridized carbons (Fsp3) is 1.00. The molecule has 0 N–H and O–H groups in total. The molecule has 0 heterocycles. The predicted octanol–water partition coefficient (Wildman–Crippen LogP) is 0.650. The van der Waals surface area contributed by atoms with Crippen LogP contribution in [0.25, 0.3) is 0 Å². The molecule has 0 aromatic rings. The van der Waals surface area contributed by atoms with Crippen LogP contribution in [0, 0.1) is 0 Å². The van der Waals surface area contributed by atoms with Crippen LogP contribution >= 0.6 is 0 Å². The van der Waals surface area contributed by atoms with Gasteiger partial charge >= 0.3 is 0 Å². The number of ether oxygens (including phenoxy) is 1. The van der Waals surface area contributed by atoms with Crippen LogP contribution in [0.4, 0.5) is 0 Å². The molecule has 0 saturated heterocycles. The van der Waals surface area contributed by atoms with Crippen molar-refractivity contribution in [3.63, 3.8) is 0 Å². The monoisotopic (exact) mass is 262 g/mol. The van der Waals surface area contributed by atoms with E-state index in [9.17, 15) is 0 Å². The van der Waals surface area contributed by atoms with Gasteiger partial charge in [0, 0.05) is 41.4 Å². The van der Waals surface area contributed by atoms with E-state index >= 15 is 0 Å². The zero-order valence-electron chi connectivity index (χ0n) is 3.82. The topological polar surface area (TPSA) is 9.23 Å². The molecule has 0 radical (unpaired) electrons. The van der Waals surface area contributed by atoms with Crippen molar-refractivity contribution < 1.29 is 32.4 Å². The molecule has 0 rings (SSSR count). The van der Waals surface area contributed by atoms with Crippen LogP contribution in [0.2, 0.25) is 0 Å². The molecule has 0 spiro atoms. The Kier molecular flexibility index (Phi) is 16.5. The Morgan fingerprint density at radius 1 is 1.60 bits per heavy atom. The third-order valence-electron chi connectivity index (χ3n) is 0.289. The third kappa shape index (κ3) is 11.4. The first kappa shape index (κ1) is 9.31. The van der Waals surface area contributed by atoms with E-state index in [0.29, 0.717) is 0 Å². The molecule has 0 aromatic carbocycles. The minimum Gasteiger partial charge on any atom is -0.385 e. The molecule has 0 bridgehead atoms. The normalized spacial score (nSPS) is 6.00. The van der Waals surface area contributed by atoms with E-state index in [1.165, 1.54) is 0 Å². The van der Waals surface area contributed by atoms with Crippen LogP contribution in [-0.4, -0.2) is 13.7 Å². The Hall–Kier alpha value is 0.895. The van der Waals surface area contributed by atoms with Crippen LogP contribution in [0.1, 0.15) is 6.92 Å². The van der Waals surface area contributed by atoms with Gasteiger partial charge in [-0.1, -0.05) is 0 Å². The molecule has 28 valence electrons. The summed E-state index contributed by atoms with van der Waals surface area (Å²) >= 11 is 0. The third-order valence-corrected chi connectivity index (χ3v) is 0.289. The van der Waals surface area contributed by atoms with Crippen molar-refractivity contribution in [2.45, 2.75) is 6.92 Å². The van der Waals surface area contributed by atoms with Crippen LogP contribution in [0.15, 0.2) is 0 Å². The van der Waals surface area contributed by atoms with Crippen LogP contribution < -0.4 is 0 Å².